The maximum atomic E-state index is 6.00. The van der Waals surface area contributed by atoms with E-state index in [0.29, 0.717) is 22.7 Å². The van der Waals surface area contributed by atoms with Gasteiger partial charge in [-0.15, -0.1) is 0 Å². The molecule has 0 spiro atoms. The van der Waals surface area contributed by atoms with Crippen LogP contribution in [-0.4, -0.2) is 9.97 Å². The standard InChI is InChI=1S/C13H15ClN2O/c1-8(2)6-10-7-12(14)16-13(15-10)11-5-4-9(3)17-11/h4-5,7-8H,6H2,1-3H3. The first-order chi connectivity index (χ1) is 8.04. The first kappa shape index (κ1) is 12.1. The second-order valence-corrected chi connectivity index (χ2v) is 4.90. The highest BCUT2D eigenvalue weighted by Crippen LogP contribution is 2.21. The van der Waals surface area contributed by atoms with E-state index >= 15 is 0 Å². The van der Waals surface area contributed by atoms with Gasteiger partial charge in [-0.05, 0) is 37.5 Å². The first-order valence-corrected chi connectivity index (χ1v) is 6.02. The van der Waals surface area contributed by atoms with E-state index in [1.165, 1.54) is 0 Å². The molecule has 0 N–H and O–H groups in total. The van der Waals surface area contributed by atoms with Gasteiger partial charge in [-0.1, -0.05) is 25.4 Å². The molecular weight excluding hydrogens is 236 g/mol. The van der Waals surface area contributed by atoms with Crippen LogP contribution in [0.3, 0.4) is 0 Å². The SMILES string of the molecule is Cc1ccc(-c2nc(Cl)cc(CC(C)C)n2)o1. The zero-order valence-electron chi connectivity index (χ0n) is 10.2. The Kier molecular flexibility index (Phi) is 3.48. The number of nitrogens with zero attached hydrogens (tertiary/aromatic N) is 2. The van der Waals surface area contributed by atoms with Gasteiger partial charge in [-0.25, -0.2) is 9.97 Å². The lowest BCUT2D eigenvalue weighted by molar-refractivity contribution is 0.543. The molecule has 17 heavy (non-hydrogen) atoms. The van der Waals surface area contributed by atoms with Crippen molar-refractivity contribution < 1.29 is 4.42 Å². The second kappa shape index (κ2) is 4.88. The van der Waals surface area contributed by atoms with E-state index in [1.54, 1.807) is 6.07 Å². The summed E-state index contributed by atoms with van der Waals surface area (Å²) in [5.41, 5.74) is 0.948. The van der Waals surface area contributed by atoms with Crippen LogP contribution in [0.5, 0.6) is 0 Å². The van der Waals surface area contributed by atoms with Crippen LogP contribution in [0.4, 0.5) is 0 Å². The summed E-state index contributed by atoms with van der Waals surface area (Å²) in [5.74, 6) is 2.59. The van der Waals surface area contributed by atoms with Crippen LogP contribution in [0, 0.1) is 12.8 Å². The lowest BCUT2D eigenvalue weighted by atomic mass is 10.1. The number of furan rings is 1. The van der Waals surface area contributed by atoms with Gasteiger partial charge in [0.15, 0.2) is 11.6 Å². The maximum absolute atomic E-state index is 6.00. The molecule has 0 saturated carbocycles. The number of rotatable bonds is 3. The van der Waals surface area contributed by atoms with Crippen molar-refractivity contribution in [3.63, 3.8) is 0 Å². The molecule has 2 aromatic heterocycles. The summed E-state index contributed by atoms with van der Waals surface area (Å²) in [6.07, 6.45) is 0.884. The zero-order chi connectivity index (χ0) is 12.4. The summed E-state index contributed by atoms with van der Waals surface area (Å²) < 4.78 is 5.50. The van der Waals surface area contributed by atoms with Crippen molar-refractivity contribution in [1.29, 1.82) is 0 Å². The van der Waals surface area contributed by atoms with Crippen LogP contribution < -0.4 is 0 Å². The number of aromatic nitrogens is 2. The molecule has 2 heterocycles. The minimum atomic E-state index is 0.458. The van der Waals surface area contributed by atoms with Crippen molar-refractivity contribution in [3.8, 4) is 11.6 Å². The Hall–Kier alpha value is -1.35. The molecule has 0 radical (unpaired) electrons. The smallest absolute Gasteiger partial charge is 0.197 e. The van der Waals surface area contributed by atoms with Crippen LogP contribution in [0.1, 0.15) is 25.3 Å². The number of halogens is 1. The van der Waals surface area contributed by atoms with Gasteiger partial charge in [0, 0.05) is 5.69 Å². The molecule has 3 nitrogen and oxygen atoms in total. The first-order valence-electron chi connectivity index (χ1n) is 5.65. The molecule has 2 rings (SSSR count). The number of hydrogen-bond donors (Lipinski definition) is 0. The molecular formula is C13H15ClN2O. The molecule has 2 aromatic rings. The molecule has 0 fully saturated rings. The Morgan fingerprint density at radius 1 is 1.29 bits per heavy atom. The molecule has 0 aliphatic rings. The largest absolute Gasteiger partial charge is 0.458 e. The Balaban J connectivity index is 2.37. The Morgan fingerprint density at radius 2 is 2.06 bits per heavy atom. The maximum Gasteiger partial charge on any atom is 0.197 e. The van der Waals surface area contributed by atoms with E-state index in [4.69, 9.17) is 16.0 Å². The normalized spacial score (nSPS) is 11.1. The van der Waals surface area contributed by atoms with Gasteiger partial charge in [0.2, 0.25) is 0 Å². The van der Waals surface area contributed by atoms with Crippen molar-refractivity contribution >= 4 is 11.6 Å². The number of hydrogen-bond acceptors (Lipinski definition) is 3. The molecule has 0 unspecified atom stereocenters. The highest BCUT2D eigenvalue weighted by Gasteiger charge is 2.10. The lowest BCUT2D eigenvalue weighted by Crippen LogP contribution is -2.00. The predicted molar refractivity (Wildman–Crippen MR) is 68.0 cm³/mol. The third-order valence-corrected chi connectivity index (χ3v) is 2.52. The van der Waals surface area contributed by atoms with Crippen LogP contribution >= 0.6 is 11.6 Å². The highest BCUT2D eigenvalue weighted by molar-refractivity contribution is 6.29. The van der Waals surface area contributed by atoms with Gasteiger partial charge >= 0.3 is 0 Å². The van der Waals surface area contributed by atoms with Gasteiger partial charge in [0.1, 0.15) is 10.9 Å². The fraction of sp³-hybridized carbons (Fsp3) is 0.385. The van der Waals surface area contributed by atoms with Crippen LogP contribution in [0.15, 0.2) is 22.6 Å². The molecule has 4 heteroatoms. The topological polar surface area (TPSA) is 38.9 Å². The zero-order valence-corrected chi connectivity index (χ0v) is 11.0. The Morgan fingerprint density at radius 3 is 2.65 bits per heavy atom. The summed E-state index contributed by atoms with van der Waals surface area (Å²) in [6.45, 7) is 6.18. The van der Waals surface area contributed by atoms with E-state index in [2.05, 4.69) is 23.8 Å². The lowest BCUT2D eigenvalue weighted by Gasteiger charge is -2.05. The molecule has 0 saturated heterocycles. The minimum Gasteiger partial charge on any atom is -0.458 e. The molecule has 0 atom stereocenters. The van der Waals surface area contributed by atoms with Gasteiger partial charge in [-0.2, -0.15) is 0 Å². The van der Waals surface area contributed by atoms with E-state index < -0.39 is 0 Å². The van der Waals surface area contributed by atoms with Crippen molar-refractivity contribution in [2.75, 3.05) is 0 Å². The predicted octanol–water partition coefficient (Wildman–Crippen LogP) is 3.90. The summed E-state index contributed by atoms with van der Waals surface area (Å²) in [6, 6.07) is 5.56. The molecule has 0 amide bonds. The summed E-state index contributed by atoms with van der Waals surface area (Å²) in [5, 5.41) is 0.458. The fourth-order valence-electron chi connectivity index (χ4n) is 1.65. The average molecular weight is 251 g/mol. The minimum absolute atomic E-state index is 0.458. The van der Waals surface area contributed by atoms with Crippen LogP contribution in [0.2, 0.25) is 5.15 Å². The molecule has 0 aliphatic carbocycles. The third-order valence-electron chi connectivity index (χ3n) is 2.33. The summed E-state index contributed by atoms with van der Waals surface area (Å²) >= 11 is 6.00. The summed E-state index contributed by atoms with van der Waals surface area (Å²) in [4.78, 5) is 8.65. The van der Waals surface area contributed by atoms with Gasteiger partial charge in [-0.3, -0.25) is 0 Å². The average Bonchev–Trinajstić information content (AvgIpc) is 2.62. The Labute approximate surface area is 106 Å². The quantitative estimate of drug-likeness (QED) is 0.776. The van der Waals surface area contributed by atoms with Crippen molar-refractivity contribution in [2.24, 2.45) is 5.92 Å². The highest BCUT2D eigenvalue weighted by atomic mass is 35.5. The van der Waals surface area contributed by atoms with E-state index in [0.717, 1.165) is 17.9 Å². The van der Waals surface area contributed by atoms with Crippen molar-refractivity contribution in [1.82, 2.24) is 9.97 Å². The van der Waals surface area contributed by atoms with E-state index in [-0.39, 0.29) is 0 Å². The van der Waals surface area contributed by atoms with Crippen molar-refractivity contribution in [2.45, 2.75) is 27.2 Å². The molecule has 0 aromatic carbocycles. The van der Waals surface area contributed by atoms with Crippen LogP contribution in [-0.2, 0) is 6.42 Å². The van der Waals surface area contributed by atoms with E-state index in [9.17, 15) is 0 Å². The monoisotopic (exact) mass is 250 g/mol. The molecule has 0 bridgehead atoms. The Bertz CT molecular complexity index is 520. The summed E-state index contributed by atoms with van der Waals surface area (Å²) in [7, 11) is 0. The van der Waals surface area contributed by atoms with Crippen LogP contribution in [0.25, 0.3) is 11.6 Å². The van der Waals surface area contributed by atoms with Gasteiger partial charge < -0.3 is 4.42 Å². The van der Waals surface area contributed by atoms with Crippen molar-refractivity contribution in [3.05, 3.63) is 34.8 Å². The fourth-order valence-corrected chi connectivity index (χ4v) is 1.86. The third kappa shape index (κ3) is 3.07. The number of aryl methyl sites for hydroxylation is 1. The second-order valence-electron chi connectivity index (χ2n) is 4.51. The van der Waals surface area contributed by atoms with Gasteiger partial charge in [0.05, 0.1) is 0 Å². The molecule has 0 aliphatic heterocycles. The molecule has 90 valence electrons. The van der Waals surface area contributed by atoms with Gasteiger partial charge in [0.25, 0.3) is 0 Å². The van der Waals surface area contributed by atoms with E-state index in [1.807, 2.05) is 19.1 Å².